The molecule has 2 aromatic rings. The van der Waals surface area contributed by atoms with Crippen LogP contribution in [0.15, 0.2) is 12.5 Å². The van der Waals surface area contributed by atoms with Crippen LogP contribution >= 0.6 is 11.6 Å². The van der Waals surface area contributed by atoms with Crippen LogP contribution in [0.5, 0.6) is 0 Å². The van der Waals surface area contributed by atoms with Gasteiger partial charge in [-0.1, -0.05) is 11.6 Å². The van der Waals surface area contributed by atoms with E-state index in [1.165, 1.54) is 6.33 Å². The summed E-state index contributed by atoms with van der Waals surface area (Å²) in [5.41, 5.74) is 2.02. The number of nitrogens with zero attached hydrogens (tertiary/aromatic N) is 3. The second kappa shape index (κ2) is 4.52. The molecule has 1 aliphatic carbocycles. The summed E-state index contributed by atoms with van der Waals surface area (Å²) in [5, 5.41) is 11.1. The molecule has 0 amide bonds. The molecule has 0 spiro atoms. The van der Waals surface area contributed by atoms with E-state index in [2.05, 4.69) is 20.7 Å². The molecule has 1 saturated carbocycles. The molecule has 0 aliphatic heterocycles. The number of hydrogen-bond acceptors (Lipinski definition) is 3. The summed E-state index contributed by atoms with van der Waals surface area (Å²) >= 11 is 6.13. The average molecular weight is 266 g/mol. The van der Waals surface area contributed by atoms with Crippen molar-refractivity contribution in [3.05, 3.63) is 23.2 Å². The molecule has 18 heavy (non-hydrogen) atoms. The lowest BCUT2D eigenvalue weighted by atomic mass is 9.93. The van der Waals surface area contributed by atoms with Crippen LogP contribution in [-0.4, -0.2) is 25.7 Å². The molecule has 96 valence electrons. The first kappa shape index (κ1) is 11.9. The molecule has 2 aromatic heterocycles. The molecule has 4 nitrogen and oxygen atoms in total. The molecule has 2 heterocycles. The molecular formula is C13H16ClN3O. The van der Waals surface area contributed by atoms with Crippen LogP contribution in [0, 0.1) is 6.92 Å². The Bertz CT molecular complexity index is 573. The normalized spacial score (nSPS) is 24.6. The van der Waals surface area contributed by atoms with Crippen molar-refractivity contribution in [3.63, 3.8) is 0 Å². The van der Waals surface area contributed by atoms with Gasteiger partial charge in [-0.05, 0) is 38.2 Å². The Morgan fingerprint density at radius 1 is 1.28 bits per heavy atom. The van der Waals surface area contributed by atoms with Crippen molar-refractivity contribution in [2.75, 3.05) is 0 Å². The number of halogens is 1. The van der Waals surface area contributed by atoms with Crippen molar-refractivity contribution in [1.82, 2.24) is 14.5 Å². The highest BCUT2D eigenvalue weighted by atomic mass is 35.5. The summed E-state index contributed by atoms with van der Waals surface area (Å²) in [6.45, 7) is 2.03. The number of aliphatic hydroxyl groups is 1. The Labute approximate surface area is 111 Å². The van der Waals surface area contributed by atoms with Gasteiger partial charge in [-0.25, -0.2) is 9.97 Å². The lowest BCUT2D eigenvalue weighted by Crippen LogP contribution is -2.20. The quantitative estimate of drug-likeness (QED) is 0.807. The van der Waals surface area contributed by atoms with Gasteiger partial charge >= 0.3 is 0 Å². The van der Waals surface area contributed by atoms with Gasteiger partial charge in [-0.2, -0.15) is 0 Å². The highest BCUT2D eigenvalue weighted by Gasteiger charge is 2.23. The largest absolute Gasteiger partial charge is 0.393 e. The van der Waals surface area contributed by atoms with Crippen LogP contribution in [0.1, 0.15) is 37.3 Å². The lowest BCUT2D eigenvalue weighted by Gasteiger charge is -2.27. The van der Waals surface area contributed by atoms with Crippen LogP contribution in [-0.2, 0) is 0 Å². The SMILES string of the molecule is Cc1cn(C2CCC(O)CC2)c2ncnc(Cl)c12. The zero-order valence-electron chi connectivity index (χ0n) is 10.3. The van der Waals surface area contributed by atoms with E-state index in [0.717, 1.165) is 42.3 Å². The second-order valence-electron chi connectivity index (χ2n) is 5.04. The van der Waals surface area contributed by atoms with E-state index in [9.17, 15) is 5.11 Å². The lowest BCUT2D eigenvalue weighted by molar-refractivity contribution is 0.111. The third-order valence-corrected chi connectivity index (χ3v) is 4.10. The maximum absolute atomic E-state index is 9.58. The first-order valence-electron chi connectivity index (χ1n) is 6.32. The van der Waals surface area contributed by atoms with Crippen LogP contribution in [0.3, 0.4) is 0 Å². The summed E-state index contributed by atoms with van der Waals surface area (Å²) in [6.07, 6.45) is 7.19. The van der Waals surface area contributed by atoms with Crippen molar-refractivity contribution in [1.29, 1.82) is 0 Å². The third-order valence-electron chi connectivity index (χ3n) is 3.81. The number of hydrogen-bond donors (Lipinski definition) is 1. The Balaban J connectivity index is 2.05. The zero-order valence-corrected chi connectivity index (χ0v) is 11.1. The van der Waals surface area contributed by atoms with Gasteiger partial charge in [0.25, 0.3) is 0 Å². The van der Waals surface area contributed by atoms with Crippen LogP contribution < -0.4 is 0 Å². The van der Waals surface area contributed by atoms with Crippen molar-refractivity contribution in [3.8, 4) is 0 Å². The predicted octanol–water partition coefficient (Wildman–Crippen LogP) is 2.87. The first-order valence-corrected chi connectivity index (χ1v) is 6.70. The summed E-state index contributed by atoms with van der Waals surface area (Å²) in [4.78, 5) is 8.40. The first-order chi connectivity index (χ1) is 8.66. The number of fused-ring (bicyclic) bond motifs is 1. The van der Waals surface area contributed by atoms with Gasteiger partial charge in [0.05, 0.1) is 11.5 Å². The molecule has 0 aromatic carbocycles. The Kier molecular flexibility index (Phi) is 2.99. The van der Waals surface area contributed by atoms with Gasteiger partial charge in [0.1, 0.15) is 17.1 Å². The molecule has 0 unspecified atom stereocenters. The van der Waals surface area contributed by atoms with Crippen molar-refractivity contribution in [2.45, 2.75) is 44.8 Å². The van der Waals surface area contributed by atoms with Crippen LogP contribution in [0.4, 0.5) is 0 Å². The molecule has 1 N–H and O–H groups in total. The van der Waals surface area contributed by atoms with Crippen molar-refractivity contribution < 1.29 is 5.11 Å². The molecule has 0 radical (unpaired) electrons. The van der Waals surface area contributed by atoms with E-state index in [1.807, 2.05) is 6.92 Å². The maximum atomic E-state index is 9.58. The highest BCUT2D eigenvalue weighted by molar-refractivity contribution is 6.34. The van der Waals surface area contributed by atoms with Crippen LogP contribution in [0.2, 0.25) is 5.15 Å². The predicted molar refractivity (Wildman–Crippen MR) is 70.8 cm³/mol. The Morgan fingerprint density at radius 2 is 2.00 bits per heavy atom. The second-order valence-corrected chi connectivity index (χ2v) is 5.40. The molecule has 0 atom stereocenters. The summed E-state index contributed by atoms with van der Waals surface area (Å²) in [5.74, 6) is 0. The number of rotatable bonds is 1. The van der Waals surface area contributed by atoms with E-state index in [-0.39, 0.29) is 6.10 Å². The molecule has 1 aliphatic rings. The fourth-order valence-electron chi connectivity index (χ4n) is 2.84. The summed E-state index contributed by atoms with van der Waals surface area (Å²) in [7, 11) is 0. The standard InChI is InChI=1S/C13H16ClN3O/c1-8-6-17(9-2-4-10(18)5-3-9)13-11(8)12(14)15-7-16-13/h6-7,9-10,18H,2-5H2,1H3. The number of aromatic nitrogens is 3. The van der Waals surface area contributed by atoms with Crippen LogP contribution in [0.25, 0.3) is 11.0 Å². The zero-order chi connectivity index (χ0) is 12.7. The fourth-order valence-corrected chi connectivity index (χ4v) is 3.12. The van der Waals surface area contributed by atoms with E-state index >= 15 is 0 Å². The highest BCUT2D eigenvalue weighted by Crippen LogP contribution is 2.33. The van der Waals surface area contributed by atoms with Gasteiger partial charge < -0.3 is 9.67 Å². The Hall–Kier alpha value is -1.13. The van der Waals surface area contributed by atoms with Crippen molar-refractivity contribution >= 4 is 22.6 Å². The molecule has 5 heteroatoms. The smallest absolute Gasteiger partial charge is 0.145 e. The minimum absolute atomic E-state index is 0.137. The maximum Gasteiger partial charge on any atom is 0.145 e. The number of aryl methyl sites for hydroxylation is 1. The van der Waals surface area contributed by atoms with E-state index < -0.39 is 0 Å². The van der Waals surface area contributed by atoms with Crippen molar-refractivity contribution in [2.24, 2.45) is 0 Å². The molecule has 3 rings (SSSR count). The van der Waals surface area contributed by atoms with E-state index in [0.29, 0.717) is 11.2 Å². The average Bonchev–Trinajstić information content (AvgIpc) is 2.69. The summed E-state index contributed by atoms with van der Waals surface area (Å²) in [6, 6.07) is 0.413. The molecule has 1 fully saturated rings. The molecular weight excluding hydrogens is 250 g/mol. The minimum Gasteiger partial charge on any atom is -0.393 e. The topological polar surface area (TPSA) is 50.9 Å². The van der Waals surface area contributed by atoms with Gasteiger partial charge in [0, 0.05) is 12.2 Å². The summed E-state index contributed by atoms with van der Waals surface area (Å²) < 4.78 is 2.20. The Morgan fingerprint density at radius 3 is 2.72 bits per heavy atom. The number of aliphatic hydroxyl groups excluding tert-OH is 1. The molecule has 0 bridgehead atoms. The molecule has 0 saturated heterocycles. The van der Waals surface area contributed by atoms with Gasteiger partial charge in [0.2, 0.25) is 0 Å². The monoisotopic (exact) mass is 265 g/mol. The van der Waals surface area contributed by atoms with Gasteiger partial charge in [-0.15, -0.1) is 0 Å². The van der Waals surface area contributed by atoms with E-state index in [4.69, 9.17) is 11.6 Å². The van der Waals surface area contributed by atoms with E-state index in [1.54, 1.807) is 0 Å². The minimum atomic E-state index is -0.137. The van der Waals surface area contributed by atoms with Gasteiger partial charge in [0.15, 0.2) is 0 Å². The fraction of sp³-hybridized carbons (Fsp3) is 0.538. The van der Waals surface area contributed by atoms with Gasteiger partial charge in [-0.3, -0.25) is 0 Å². The third kappa shape index (κ3) is 1.89.